The number of amides is 5. The number of benzene rings is 2. The molecule has 4 aliphatic rings. The second-order valence-corrected chi connectivity index (χ2v) is 15.0. The number of pyridine rings is 1. The summed E-state index contributed by atoms with van der Waals surface area (Å²) in [4.78, 5) is 74.3. The Morgan fingerprint density at radius 3 is 2.36 bits per heavy atom. The van der Waals surface area contributed by atoms with Gasteiger partial charge in [-0.25, -0.2) is 9.78 Å². The van der Waals surface area contributed by atoms with E-state index in [-0.39, 0.29) is 24.3 Å². The highest BCUT2D eigenvalue weighted by atomic mass is 127. The van der Waals surface area contributed by atoms with Crippen LogP contribution in [-0.2, 0) is 35.5 Å². The van der Waals surface area contributed by atoms with Gasteiger partial charge in [-0.05, 0) is 82.8 Å². The number of rotatable bonds is 5. The number of nitrogens with zero attached hydrogens (tertiary/aromatic N) is 3. The summed E-state index contributed by atoms with van der Waals surface area (Å²) in [7, 11) is 2.37. The standard InChI is InChI=1S/C35H26Cl2F3IN4O8/c1-52-24-10-14(9-23(41)27(24)46)26-18-7-8-19-25(31(49)44(29(19)47)33(51)53-2)20(18)12-21-30(48)45(32(50)34(21,26)15-3-5-17(36)6-4-15)43-28-22(37)11-16(13-42-28)35(38,39)40/h3-7,9-11,13,19-21,25-26,46H,8,12H2,1-2H3,(H,42,43). The molecule has 18 heteroatoms. The maximum atomic E-state index is 15.2. The maximum absolute atomic E-state index is 15.2. The number of imide groups is 4. The van der Waals surface area contributed by atoms with Crippen molar-refractivity contribution >= 4 is 81.3 Å². The number of carbonyl (C=O) groups is 5. The normalized spacial score (nSPS) is 26.6. The molecule has 6 unspecified atom stereocenters. The molecule has 1 aromatic heterocycles. The van der Waals surface area contributed by atoms with E-state index in [4.69, 9.17) is 32.7 Å². The van der Waals surface area contributed by atoms with Crippen molar-refractivity contribution in [1.82, 2.24) is 14.9 Å². The van der Waals surface area contributed by atoms with E-state index in [0.29, 0.717) is 47.5 Å². The SMILES string of the molecule is COC(=O)N1C(=O)C2CC=C3C(CC4C(=O)N(Nc5ncc(C(F)(F)F)cc5Cl)C(=O)C4(c4ccc(Cl)cc4)C3c3cc(I)c(O)c(OC)c3)C2C1=O. The first kappa shape index (κ1) is 36.9. The Kier molecular flexibility index (Phi) is 9.16. The molecule has 276 valence electrons. The quantitative estimate of drug-likeness (QED) is 0.165. The number of likely N-dealkylation sites (tertiary alicyclic amines) is 1. The lowest BCUT2D eigenvalue weighted by Gasteiger charge is -2.50. The van der Waals surface area contributed by atoms with Crippen molar-refractivity contribution in [1.29, 1.82) is 0 Å². The number of anilines is 1. The maximum Gasteiger partial charge on any atom is 0.423 e. The highest BCUT2D eigenvalue weighted by Gasteiger charge is 2.70. The van der Waals surface area contributed by atoms with Crippen LogP contribution in [0.15, 0.2) is 60.3 Å². The van der Waals surface area contributed by atoms with Gasteiger partial charge in [0.2, 0.25) is 11.8 Å². The van der Waals surface area contributed by atoms with Gasteiger partial charge in [0.15, 0.2) is 17.3 Å². The number of alkyl halides is 3. The van der Waals surface area contributed by atoms with Gasteiger partial charge in [0, 0.05) is 17.1 Å². The Balaban J connectivity index is 1.46. The van der Waals surface area contributed by atoms with Crippen molar-refractivity contribution in [2.45, 2.75) is 30.4 Å². The highest BCUT2D eigenvalue weighted by Crippen LogP contribution is 2.64. The Morgan fingerprint density at radius 2 is 1.74 bits per heavy atom. The molecule has 3 aromatic rings. The van der Waals surface area contributed by atoms with Gasteiger partial charge in [-0.3, -0.25) is 24.6 Å². The molecule has 2 aromatic carbocycles. The average Bonchev–Trinajstić information content (AvgIpc) is 3.50. The number of hydrazine groups is 1. The van der Waals surface area contributed by atoms with Crippen LogP contribution < -0.4 is 10.2 Å². The molecule has 1 saturated carbocycles. The number of methoxy groups -OCH3 is 2. The summed E-state index contributed by atoms with van der Waals surface area (Å²) in [6.07, 6.45) is -3.84. The molecule has 2 saturated heterocycles. The van der Waals surface area contributed by atoms with E-state index < -0.39 is 87.3 Å². The Hall–Kier alpha value is -4.42. The van der Waals surface area contributed by atoms with Crippen LogP contribution in [0.5, 0.6) is 11.5 Å². The van der Waals surface area contributed by atoms with Crippen molar-refractivity contribution in [3.8, 4) is 11.5 Å². The summed E-state index contributed by atoms with van der Waals surface area (Å²) in [6.45, 7) is 0. The lowest BCUT2D eigenvalue weighted by molar-refractivity contribution is -0.140. The molecule has 0 spiro atoms. The number of halogens is 6. The Morgan fingerprint density at radius 1 is 1.04 bits per heavy atom. The fraction of sp³-hybridized carbons (Fsp3) is 0.314. The molecular weight excluding hydrogens is 859 g/mol. The van der Waals surface area contributed by atoms with Crippen LogP contribution in [0.4, 0.5) is 23.8 Å². The Bertz CT molecular complexity index is 2150. The third-order valence-corrected chi connectivity index (χ3v) is 11.9. The van der Waals surface area contributed by atoms with E-state index in [2.05, 4.69) is 10.4 Å². The number of phenolic OH excluding ortho intramolecular Hbond substituents is 1. The molecule has 3 fully saturated rings. The zero-order valence-corrected chi connectivity index (χ0v) is 31.1. The summed E-state index contributed by atoms with van der Waals surface area (Å²) >= 11 is 14.4. The fourth-order valence-electron chi connectivity index (χ4n) is 8.35. The minimum absolute atomic E-state index is 0.00786. The summed E-state index contributed by atoms with van der Waals surface area (Å²) < 4.78 is 50.8. The molecule has 6 atom stereocenters. The van der Waals surface area contributed by atoms with Gasteiger partial charge in [-0.15, -0.1) is 0 Å². The fourth-order valence-corrected chi connectivity index (χ4v) is 9.31. The van der Waals surface area contributed by atoms with Gasteiger partial charge in [0.25, 0.3) is 11.8 Å². The molecule has 5 amide bonds. The van der Waals surface area contributed by atoms with E-state index in [9.17, 15) is 37.5 Å². The molecule has 12 nitrogen and oxygen atoms in total. The number of ether oxygens (including phenoxy) is 2. The number of hydrogen-bond donors (Lipinski definition) is 2. The average molecular weight is 885 g/mol. The molecule has 7 rings (SSSR count). The summed E-state index contributed by atoms with van der Waals surface area (Å²) in [5, 5.41) is 11.3. The van der Waals surface area contributed by atoms with E-state index in [1.165, 1.54) is 25.3 Å². The van der Waals surface area contributed by atoms with Crippen LogP contribution in [0.1, 0.15) is 35.4 Å². The molecule has 0 bridgehead atoms. The molecule has 2 aliphatic heterocycles. The van der Waals surface area contributed by atoms with Gasteiger partial charge >= 0.3 is 12.3 Å². The number of aromatic hydroxyl groups is 1. The zero-order valence-electron chi connectivity index (χ0n) is 27.4. The second kappa shape index (κ2) is 13.2. The summed E-state index contributed by atoms with van der Waals surface area (Å²) in [6, 6.07) is 9.96. The topological polar surface area (TPSA) is 155 Å². The van der Waals surface area contributed by atoms with Crippen molar-refractivity contribution in [3.05, 3.63) is 90.6 Å². The third kappa shape index (κ3) is 5.54. The monoisotopic (exact) mass is 884 g/mol. The van der Waals surface area contributed by atoms with Gasteiger partial charge in [-0.2, -0.15) is 23.1 Å². The number of aromatic nitrogens is 1. The summed E-state index contributed by atoms with van der Waals surface area (Å²) in [5.74, 6) is -9.08. The van der Waals surface area contributed by atoms with Gasteiger partial charge < -0.3 is 14.6 Å². The van der Waals surface area contributed by atoms with Crippen molar-refractivity contribution < 1.29 is 51.7 Å². The lowest BCUT2D eigenvalue weighted by Crippen LogP contribution is -2.53. The number of phenols is 1. The van der Waals surface area contributed by atoms with Crippen molar-refractivity contribution in [2.24, 2.45) is 23.7 Å². The predicted molar refractivity (Wildman–Crippen MR) is 189 cm³/mol. The molecule has 3 heterocycles. The zero-order chi connectivity index (χ0) is 38.3. The van der Waals surface area contributed by atoms with E-state index in [0.717, 1.165) is 7.11 Å². The van der Waals surface area contributed by atoms with E-state index in [1.54, 1.807) is 24.3 Å². The minimum Gasteiger partial charge on any atom is -0.504 e. The minimum atomic E-state index is -4.78. The molecule has 2 aliphatic carbocycles. The highest BCUT2D eigenvalue weighted by molar-refractivity contribution is 14.1. The number of nitrogens with one attached hydrogen (secondary N) is 1. The van der Waals surface area contributed by atoms with E-state index >= 15 is 4.79 Å². The van der Waals surface area contributed by atoms with Gasteiger partial charge in [0.05, 0.1) is 51.5 Å². The number of hydrogen-bond acceptors (Lipinski definition) is 10. The number of fused-ring (bicyclic) bond motifs is 4. The smallest absolute Gasteiger partial charge is 0.423 e. The third-order valence-electron chi connectivity index (χ3n) is 10.5. The van der Waals surface area contributed by atoms with Crippen LogP contribution in [0.3, 0.4) is 0 Å². The van der Waals surface area contributed by atoms with Gasteiger partial charge in [0.1, 0.15) is 0 Å². The van der Waals surface area contributed by atoms with Crippen molar-refractivity contribution in [2.75, 3.05) is 19.6 Å². The molecule has 0 radical (unpaired) electrons. The molecule has 53 heavy (non-hydrogen) atoms. The van der Waals surface area contributed by atoms with Crippen LogP contribution in [0.25, 0.3) is 0 Å². The Labute approximate surface area is 322 Å². The predicted octanol–water partition coefficient (Wildman–Crippen LogP) is 6.48. The van der Waals surface area contributed by atoms with E-state index in [1.807, 2.05) is 22.6 Å². The van der Waals surface area contributed by atoms with Gasteiger partial charge in [-0.1, -0.05) is 47.0 Å². The van der Waals surface area contributed by atoms with Crippen LogP contribution in [0.2, 0.25) is 10.0 Å². The number of carbonyl (C=O) groups excluding carboxylic acids is 5. The van der Waals surface area contributed by atoms with Crippen LogP contribution in [0, 0.1) is 27.2 Å². The first-order valence-corrected chi connectivity index (χ1v) is 17.8. The molecule has 2 N–H and O–H groups in total. The van der Waals surface area contributed by atoms with Crippen LogP contribution >= 0.6 is 45.8 Å². The van der Waals surface area contributed by atoms with Crippen molar-refractivity contribution in [3.63, 3.8) is 0 Å². The first-order chi connectivity index (χ1) is 25.1. The lowest BCUT2D eigenvalue weighted by atomic mass is 9.49. The second-order valence-electron chi connectivity index (χ2n) is 13.0. The summed E-state index contributed by atoms with van der Waals surface area (Å²) in [5.41, 5.74) is 0.831. The number of allylic oxidation sites excluding steroid dienone is 2. The van der Waals surface area contributed by atoms with Crippen LogP contribution in [-0.4, -0.2) is 63.9 Å². The molecular formula is C35H26Cl2F3IN4O8. The largest absolute Gasteiger partial charge is 0.504 e. The first-order valence-electron chi connectivity index (χ1n) is 15.9.